The molecule has 1 saturated heterocycles. The second kappa shape index (κ2) is 7.84. The monoisotopic (exact) mass is 396 g/mol. The average Bonchev–Trinajstić information content (AvgIpc) is 3.23. The van der Waals surface area contributed by atoms with Gasteiger partial charge >= 0.3 is 5.97 Å². The van der Waals surface area contributed by atoms with E-state index in [1.807, 2.05) is 0 Å². The number of carboxylic acid groups (broad SMARTS) is 1. The van der Waals surface area contributed by atoms with Gasteiger partial charge in [0.15, 0.2) is 11.9 Å². The van der Waals surface area contributed by atoms with E-state index in [2.05, 4.69) is 4.98 Å². The minimum atomic E-state index is -1.11. The Morgan fingerprint density at radius 2 is 1.83 bits per heavy atom. The first-order chi connectivity index (χ1) is 14.0. The molecule has 0 aliphatic carbocycles. The predicted octanol–water partition coefficient (Wildman–Crippen LogP) is 3.07. The fraction of sp³-hybridized carbons (Fsp3) is 0.190. The van der Waals surface area contributed by atoms with Crippen LogP contribution in [0.5, 0.6) is 0 Å². The minimum absolute atomic E-state index is 0.0471. The predicted molar refractivity (Wildman–Crippen MR) is 101 cm³/mol. The van der Waals surface area contributed by atoms with E-state index in [0.717, 1.165) is 0 Å². The molecule has 1 aliphatic rings. The van der Waals surface area contributed by atoms with E-state index in [1.165, 1.54) is 17.2 Å². The van der Waals surface area contributed by atoms with Crippen LogP contribution in [0.3, 0.4) is 0 Å². The van der Waals surface area contributed by atoms with E-state index in [4.69, 9.17) is 14.3 Å². The molecule has 4 rings (SSSR count). The van der Waals surface area contributed by atoms with Crippen LogP contribution in [-0.4, -0.2) is 52.7 Å². The normalized spacial score (nSPS) is 16.6. The molecule has 1 atom stereocenters. The van der Waals surface area contributed by atoms with Crippen LogP contribution in [0.15, 0.2) is 59.1 Å². The van der Waals surface area contributed by atoms with Crippen molar-refractivity contribution in [1.82, 2.24) is 9.88 Å². The summed E-state index contributed by atoms with van der Waals surface area (Å²) in [5.74, 6) is -1.47. The van der Waals surface area contributed by atoms with Gasteiger partial charge in [-0.25, -0.2) is 14.2 Å². The molecule has 1 N–H and O–H groups in total. The van der Waals surface area contributed by atoms with Gasteiger partial charge in [-0.05, 0) is 24.3 Å². The largest absolute Gasteiger partial charge is 0.479 e. The number of morpholine rings is 1. The van der Waals surface area contributed by atoms with Crippen molar-refractivity contribution in [3.05, 3.63) is 66.1 Å². The van der Waals surface area contributed by atoms with Crippen molar-refractivity contribution in [2.75, 3.05) is 19.7 Å². The van der Waals surface area contributed by atoms with Crippen LogP contribution >= 0.6 is 0 Å². The second-order valence-corrected chi connectivity index (χ2v) is 6.50. The highest BCUT2D eigenvalue weighted by atomic mass is 19.1. The van der Waals surface area contributed by atoms with Crippen molar-refractivity contribution in [2.24, 2.45) is 0 Å². The van der Waals surface area contributed by atoms with Crippen LogP contribution in [-0.2, 0) is 9.53 Å². The average molecular weight is 396 g/mol. The fourth-order valence-electron chi connectivity index (χ4n) is 3.19. The molecule has 1 amide bonds. The second-order valence-electron chi connectivity index (χ2n) is 6.50. The van der Waals surface area contributed by atoms with Gasteiger partial charge in [-0.15, -0.1) is 0 Å². The number of aromatic nitrogens is 1. The summed E-state index contributed by atoms with van der Waals surface area (Å²) in [4.78, 5) is 29.9. The number of rotatable bonds is 4. The third-order valence-electron chi connectivity index (χ3n) is 4.66. The molecule has 0 unspecified atom stereocenters. The fourth-order valence-corrected chi connectivity index (χ4v) is 3.19. The molecule has 0 radical (unpaired) electrons. The van der Waals surface area contributed by atoms with Gasteiger partial charge in [0.05, 0.1) is 30.5 Å². The molecule has 148 valence electrons. The molecule has 7 nitrogen and oxygen atoms in total. The number of oxazole rings is 1. The zero-order valence-electron chi connectivity index (χ0n) is 15.2. The number of carbonyl (C=O) groups is 2. The number of ether oxygens (including phenoxy) is 1. The molecule has 2 aromatic carbocycles. The van der Waals surface area contributed by atoms with Gasteiger partial charge in [0.2, 0.25) is 5.89 Å². The maximum absolute atomic E-state index is 14.0. The van der Waals surface area contributed by atoms with Gasteiger partial charge in [-0.2, -0.15) is 0 Å². The highest BCUT2D eigenvalue weighted by molar-refractivity contribution is 6.00. The first-order valence-electron chi connectivity index (χ1n) is 8.98. The van der Waals surface area contributed by atoms with E-state index < -0.39 is 17.9 Å². The van der Waals surface area contributed by atoms with Crippen molar-refractivity contribution in [2.45, 2.75) is 6.10 Å². The van der Waals surface area contributed by atoms with Crippen molar-refractivity contribution in [3.8, 4) is 22.8 Å². The standard InChI is InChI=1S/C21H17FN2O5/c22-16-8-4-3-7-15(16)17-11-23-19(29-17)13-5-1-2-6-14(13)20(25)24-9-10-28-18(12-24)21(26)27/h1-8,11,18H,9-10,12H2,(H,26,27)/t18-/m1/s1. The SMILES string of the molecule is O=C(O)[C@H]1CN(C(=O)c2ccccc2-c2ncc(-c3ccccc3F)o2)CCO1. The number of amides is 1. The van der Waals surface area contributed by atoms with Gasteiger partial charge < -0.3 is 19.2 Å². The lowest BCUT2D eigenvalue weighted by Crippen LogP contribution is -2.48. The molecule has 1 fully saturated rings. The Hall–Kier alpha value is -3.52. The molecule has 3 aromatic rings. The first-order valence-corrected chi connectivity index (χ1v) is 8.98. The topological polar surface area (TPSA) is 92.9 Å². The summed E-state index contributed by atoms with van der Waals surface area (Å²) in [6.45, 7) is 0.374. The summed E-state index contributed by atoms with van der Waals surface area (Å²) in [6.07, 6.45) is 0.346. The molecular formula is C21H17FN2O5. The van der Waals surface area contributed by atoms with Crippen molar-refractivity contribution >= 4 is 11.9 Å². The van der Waals surface area contributed by atoms with Crippen LogP contribution in [0.25, 0.3) is 22.8 Å². The number of carbonyl (C=O) groups excluding carboxylic acids is 1. The number of nitrogens with zero attached hydrogens (tertiary/aromatic N) is 2. The summed E-state index contributed by atoms with van der Waals surface area (Å²) in [5, 5.41) is 9.16. The Bertz CT molecular complexity index is 1060. The first kappa shape index (κ1) is 18.8. The minimum Gasteiger partial charge on any atom is -0.479 e. The van der Waals surface area contributed by atoms with E-state index in [1.54, 1.807) is 42.5 Å². The molecule has 2 heterocycles. The van der Waals surface area contributed by atoms with Gasteiger partial charge in [0.1, 0.15) is 5.82 Å². The summed E-state index contributed by atoms with van der Waals surface area (Å²) in [7, 11) is 0. The molecule has 1 aromatic heterocycles. The van der Waals surface area contributed by atoms with Crippen LogP contribution in [0, 0.1) is 5.82 Å². The lowest BCUT2D eigenvalue weighted by molar-refractivity contribution is -0.154. The lowest BCUT2D eigenvalue weighted by atomic mass is 10.1. The zero-order chi connectivity index (χ0) is 20.4. The third-order valence-corrected chi connectivity index (χ3v) is 4.66. The van der Waals surface area contributed by atoms with Crippen molar-refractivity contribution in [3.63, 3.8) is 0 Å². The van der Waals surface area contributed by atoms with Crippen LogP contribution in [0.4, 0.5) is 4.39 Å². The van der Waals surface area contributed by atoms with Crippen molar-refractivity contribution in [1.29, 1.82) is 0 Å². The van der Waals surface area contributed by atoms with E-state index >= 15 is 0 Å². The maximum Gasteiger partial charge on any atom is 0.334 e. The number of hydrogen-bond donors (Lipinski definition) is 1. The number of aliphatic carboxylic acids is 1. The van der Waals surface area contributed by atoms with Gasteiger partial charge in [0, 0.05) is 12.1 Å². The summed E-state index contributed by atoms with van der Waals surface area (Å²) in [5.41, 5.74) is 1.03. The number of carboxylic acids is 1. The quantitative estimate of drug-likeness (QED) is 0.729. The third kappa shape index (κ3) is 3.74. The molecule has 0 bridgehead atoms. The van der Waals surface area contributed by atoms with E-state index in [9.17, 15) is 14.0 Å². The molecular weight excluding hydrogens is 379 g/mol. The Labute approximate surface area is 165 Å². The van der Waals surface area contributed by atoms with Gasteiger partial charge in [0.25, 0.3) is 5.91 Å². The molecule has 1 aliphatic heterocycles. The van der Waals surface area contributed by atoms with Crippen LogP contribution < -0.4 is 0 Å². The molecule has 8 heteroatoms. The number of hydrogen-bond acceptors (Lipinski definition) is 5. The van der Waals surface area contributed by atoms with E-state index in [0.29, 0.717) is 11.1 Å². The lowest BCUT2D eigenvalue weighted by Gasteiger charge is -2.31. The summed E-state index contributed by atoms with van der Waals surface area (Å²) in [6, 6.07) is 12.9. The number of benzene rings is 2. The summed E-state index contributed by atoms with van der Waals surface area (Å²) >= 11 is 0. The van der Waals surface area contributed by atoms with Gasteiger partial charge in [-0.1, -0.05) is 24.3 Å². The summed E-state index contributed by atoms with van der Waals surface area (Å²) < 4.78 is 24.9. The Kier molecular flexibility index (Phi) is 5.09. The Balaban J connectivity index is 1.65. The Morgan fingerprint density at radius 1 is 1.10 bits per heavy atom. The van der Waals surface area contributed by atoms with Crippen LogP contribution in [0.1, 0.15) is 10.4 Å². The van der Waals surface area contributed by atoms with Crippen molar-refractivity contribution < 1.29 is 28.2 Å². The zero-order valence-corrected chi connectivity index (χ0v) is 15.2. The smallest absolute Gasteiger partial charge is 0.334 e. The number of halogens is 1. The molecule has 0 saturated carbocycles. The van der Waals surface area contributed by atoms with Gasteiger partial charge in [-0.3, -0.25) is 4.79 Å². The van der Waals surface area contributed by atoms with Crippen LogP contribution in [0.2, 0.25) is 0 Å². The highest BCUT2D eigenvalue weighted by Gasteiger charge is 2.31. The molecule has 29 heavy (non-hydrogen) atoms. The highest BCUT2D eigenvalue weighted by Crippen LogP contribution is 2.30. The molecule has 0 spiro atoms. The Morgan fingerprint density at radius 3 is 2.59 bits per heavy atom. The maximum atomic E-state index is 14.0. The van der Waals surface area contributed by atoms with E-state index in [-0.39, 0.29) is 42.8 Å².